The minimum Gasteiger partial charge on any atom is -0.330 e. The molecule has 1 saturated heterocycles. The molecule has 0 aromatic heterocycles. The van der Waals surface area contributed by atoms with Gasteiger partial charge < -0.3 is 10.6 Å². The lowest BCUT2D eigenvalue weighted by molar-refractivity contribution is -0.117. The molecule has 1 aromatic carbocycles. The van der Waals surface area contributed by atoms with Gasteiger partial charge in [0.1, 0.15) is 0 Å². The first-order chi connectivity index (χ1) is 8.02. The van der Waals surface area contributed by atoms with E-state index in [2.05, 4.69) is 0 Å². The van der Waals surface area contributed by atoms with Crippen molar-refractivity contribution < 1.29 is 9.18 Å². The van der Waals surface area contributed by atoms with Crippen molar-refractivity contribution in [1.82, 2.24) is 0 Å². The Balaban J connectivity index is 2.38. The lowest BCUT2D eigenvalue weighted by Gasteiger charge is -2.18. The molecule has 0 radical (unpaired) electrons. The molecular weight excluding hydrogens is 266 g/mol. The molecule has 1 unspecified atom stereocenters. The molecule has 1 aliphatic rings. The molecule has 2 N–H and O–H groups in total. The lowest BCUT2D eigenvalue weighted by atomic mass is 10.1. The van der Waals surface area contributed by atoms with Crippen LogP contribution in [0.25, 0.3) is 0 Å². The zero-order valence-corrected chi connectivity index (χ0v) is 10.4. The summed E-state index contributed by atoms with van der Waals surface area (Å²) in [6.45, 7) is 0.807. The Morgan fingerprint density at radius 2 is 2.18 bits per heavy atom. The van der Waals surface area contributed by atoms with E-state index in [0.29, 0.717) is 24.5 Å². The Morgan fingerprint density at radius 3 is 2.76 bits per heavy atom. The van der Waals surface area contributed by atoms with Crippen LogP contribution in [-0.4, -0.2) is 19.0 Å². The third-order valence-corrected chi connectivity index (χ3v) is 3.30. The molecule has 1 atom stereocenters. The number of benzene rings is 1. The number of hydrogen-bond donors (Lipinski definition) is 1. The summed E-state index contributed by atoms with van der Waals surface area (Å²) in [7, 11) is 0. The number of carbonyl (C=O) groups excluding carboxylic acids is 1. The molecule has 1 fully saturated rings. The molecule has 6 heteroatoms. The van der Waals surface area contributed by atoms with Gasteiger partial charge in [0.25, 0.3) is 0 Å². The zero-order valence-electron chi connectivity index (χ0n) is 8.92. The van der Waals surface area contributed by atoms with Gasteiger partial charge in [-0.05, 0) is 24.6 Å². The third kappa shape index (κ3) is 2.39. The number of amides is 1. The van der Waals surface area contributed by atoms with E-state index in [4.69, 9.17) is 28.9 Å². The van der Waals surface area contributed by atoms with Crippen LogP contribution >= 0.6 is 23.2 Å². The van der Waals surface area contributed by atoms with Crippen LogP contribution in [-0.2, 0) is 4.79 Å². The number of anilines is 1. The maximum absolute atomic E-state index is 13.8. The van der Waals surface area contributed by atoms with Crippen LogP contribution in [0.15, 0.2) is 12.1 Å². The molecule has 92 valence electrons. The van der Waals surface area contributed by atoms with E-state index < -0.39 is 5.82 Å². The van der Waals surface area contributed by atoms with E-state index in [0.717, 1.165) is 0 Å². The smallest absolute Gasteiger partial charge is 0.227 e. The Labute approximate surface area is 108 Å². The second-order valence-electron chi connectivity index (χ2n) is 4.03. The van der Waals surface area contributed by atoms with Crippen molar-refractivity contribution in [2.24, 2.45) is 11.7 Å². The van der Waals surface area contributed by atoms with Crippen LogP contribution in [0, 0.1) is 11.7 Å². The molecule has 0 aliphatic carbocycles. The minimum atomic E-state index is -0.623. The minimum absolute atomic E-state index is 0.0552. The van der Waals surface area contributed by atoms with Crippen molar-refractivity contribution in [1.29, 1.82) is 0 Å². The first-order valence-electron chi connectivity index (χ1n) is 5.18. The van der Waals surface area contributed by atoms with Crippen LogP contribution in [0.2, 0.25) is 10.0 Å². The van der Waals surface area contributed by atoms with Gasteiger partial charge in [0, 0.05) is 18.0 Å². The van der Waals surface area contributed by atoms with Gasteiger partial charge in [0.15, 0.2) is 5.82 Å². The Morgan fingerprint density at radius 1 is 1.47 bits per heavy atom. The normalized spacial score (nSPS) is 20.1. The standard InChI is InChI=1S/C11H11Cl2FN2O/c12-7-2-8(13)11(14)9(3-7)16-5-6(4-15)1-10(16)17/h2-3,6H,1,4-5,15H2. The first-order valence-corrected chi connectivity index (χ1v) is 5.93. The fraction of sp³-hybridized carbons (Fsp3) is 0.364. The summed E-state index contributed by atoms with van der Waals surface area (Å²) < 4.78 is 13.8. The molecule has 1 aromatic rings. The molecule has 17 heavy (non-hydrogen) atoms. The van der Waals surface area contributed by atoms with Crippen molar-refractivity contribution in [2.75, 3.05) is 18.0 Å². The molecular formula is C11H11Cl2FN2O. The highest BCUT2D eigenvalue weighted by Gasteiger charge is 2.31. The summed E-state index contributed by atoms with van der Waals surface area (Å²) in [6.07, 6.45) is 0.333. The van der Waals surface area contributed by atoms with E-state index in [1.807, 2.05) is 0 Å². The van der Waals surface area contributed by atoms with Gasteiger partial charge in [-0.25, -0.2) is 4.39 Å². The van der Waals surface area contributed by atoms with Crippen molar-refractivity contribution >= 4 is 34.8 Å². The maximum Gasteiger partial charge on any atom is 0.227 e. The highest BCUT2D eigenvalue weighted by molar-refractivity contribution is 6.35. The number of carbonyl (C=O) groups is 1. The summed E-state index contributed by atoms with van der Waals surface area (Å²) in [4.78, 5) is 13.1. The van der Waals surface area contributed by atoms with Crippen molar-refractivity contribution in [3.05, 3.63) is 28.0 Å². The highest BCUT2D eigenvalue weighted by atomic mass is 35.5. The van der Waals surface area contributed by atoms with Gasteiger partial charge in [-0.15, -0.1) is 0 Å². The van der Waals surface area contributed by atoms with Gasteiger partial charge in [0.05, 0.1) is 10.7 Å². The summed E-state index contributed by atoms with van der Waals surface area (Å²) in [5, 5.41) is 0.215. The molecule has 0 spiro atoms. The molecule has 1 amide bonds. The van der Waals surface area contributed by atoms with E-state index in [1.54, 1.807) is 0 Å². The lowest BCUT2D eigenvalue weighted by Crippen LogP contribution is -2.26. The molecule has 1 aliphatic heterocycles. The quantitative estimate of drug-likeness (QED) is 0.844. The molecule has 3 nitrogen and oxygen atoms in total. The maximum atomic E-state index is 13.8. The largest absolute Gasteiger partial charge is 0.330 e. The van der Waals surface area contributed by atoms with Crippen LogP contribution in [0.3, 0.4) is 0 Å². The average Bonchev–Trinajstić information content (AvgIpc) is 2.65. The van der Waals surface area contributed by atoms with E-state index in [9.17, 15) is 9.18 Å². The van der Waals surface area contributed by atoms with Gasteiger partial charge in [-0.1, -0.05) is 23.2 Å². The van der Waals surface area contributed by atoms with Crippen LogP contribution in [0.1, 0.15) is 6.42 Å². The Hall–Kier alpha value is -0.840. The molecule has 2 rings (SSSR count). The first kappa shape index (κ1) is 12.6. The van der Waals surface area contributed by atoms with E-state index in [1.165, 1.54) is 17.0 Å². The van der Waals surface area contributed by atoms with E-state index >= 15 is 0 Å². The average molecular weight is 277 g/mol. The monoisotopic (exact) mass is 276 g/mol. The van der Waals surface area contributed by atoms with E-state index in [-0.39, 0.29) is 22.5 Å². The van der Waals surface area contributed by atoms with Gasteiger partial charge >= 0.3 is 0 Å². The van der Waals surface area contributed by atoms with Gasteiger partial charge in [0.2, 0.25) is 5.91 Å². The number of rotatable bonds is 2. The Bertz CT molecular complexity index is 467. The second-order valence-corrected chi connectivity index (χ2v) is 4.87. The van der Waals surface area contributed by atoms with Crippen molar-refractivity contribution in [3.63, 3.8) is 0 Å². The summed E-state index contributed by atoms with van der Waals surface area (Å²) in [5.74, 6) is -0.723. The number of hydrogen-bond acceptors (Lipinski definition) is 2. The zero-order chi connectivity index (χ0) is 12.6. The molecule has 0 bridgehead atoms. The van der Waals surface area contributed by atoms with Crippen LogP contribution in [0.4, 0.5) is 10.1 Å². The second kappa shape index (κ2) is 4.80. The van der Waals surface area contributed by atoms with Crippen LogP contribution < -0.4 is 10.6 Å². The van der Waals surface area contributed by atoms with Crippen molar-refractivity contribution in [2.45, 2.75) is 6.42 Å². The SMILES string of the molecule is NCC1CC(=O)N(c2cc(Cl)cc(Cl)c2F)C1. The van der Waals surface area contributed by atoms with Crippen LogP contribution in [0.5, 0.6) is 0 Å². The predicted molar refractivity (Wildman–Crippen MR) is 65.9 cm³/mol. The number of nitrogens with zero attached hydrogens (tertiary/aromatic N) is 1. The Kier molecular flexibility index (Phi) is 3.56. The highest BCUT2D eigenvalue weighted by Crippen LogP contribution is 2.33. The van der Waals surface area contributed by atoms with Crippen molar-refractivity contribution in [3.8, 4) is 0 Å². The third-order valence-electron chi connectivity index (χ3n) is 2.80. The fourth-order valence-electron chi connectivity index (χ4n) is 1.91. The molecule has 0 saturated carbocycles. The molecule has 1 heterocycles. The fourth-order valence-corrected chi connectivity index (χ4v) is 2.39. The predicted octanol–water partition coefficient (Wildman–Crippen LogP) is 2.44. The number of halogens is 3. The topological polar surface area (TPSA) is 46.3 Å². The number of nitrogens with two attached hydrogens (primary N) is 1. The summed E-state index contributed by atoms with van der Waals surface area (Å²) >= 11 is 11.5. The van der Waals surface area contributed by atoms with Gasteiger partial charge in [-0.2, -0.15) is 0 Å². The summed E-state index contributed by atoms with van der Waals surface area (Å²) in [6, 6.07) is 2.71. The van der Waals surface area contributed by atoms with Gasteiger partial charge in [-0.3, -0.25) is 4.79 Å². The summed E-state index contributed by atoms with van der Waals surface area (Å²) in [5.41, 5.74) is 5.64.